The molecular formula is C20H21FN4O. The van der Waals surface area contributed by atoms with Gasteiger partial charge in [0.05, 0.1) is 0 Å². The van der Waals surface area contributed by atoms with Crippen molar-refractivity contribution in [2.24, 2.45) is 0 Å². The van der Waals surface area contributed by atoms with Crippen molar-refractivity contribution in [1.82, 2.24) is 19.8 Å². The summed E-state index contributed by atoms with van der Waals surface area (Å²) in [6.07, 6.45) is 3.65. The molecule has 1 aromatic carbocycles. The molecule has 0 unspecified atom stereocenters. The summed E-state index contributed by atoms with van der Waals surface area (Å²) in [5, 5.41) is 0.399. The largest absolute Gasteiger partial charge is 0.357 e. The Labute approximate surface area is 151 Å². The maximum Gasteiger partial charge on any atom is 0.189 e. The monoisotopic (exact) mass is 352 g/mol. The van der Waals surface area contributed by atoms with Crippen LogP contribution in [0.15, 0.2) is 53.6 Å². The molecule has 0 amide bonds. The lowest BCUT2D eigenvalue weighted by molar-refractivity contribution is 0.121. The number of benzene rings is 1. The van der Waals surface area contributed by atoms with Crippen LogP contribution in [0, 0.1) is 5.82 Å². The number of hydrogen-bond donors (Lipinski definition) is 1. The molecule has 1 aliphatic heterocycles. The van der Waals surface area contributed by atoms with Gasteiger partial charge in [-0.3, -0.25) is 19.6 Å². The van der Waals surface area contributed by atoms with Crippen molar-refractivity contribution >= 4 is 10.9 Å². The summed E-state index contributed by atoms with van der Waals surface area (Å²) < 4.78 is 13.3. The van der Waals surface area contributed by atoms with Crippen molar-refractivity contribution in [3.05, 3.63) is 76.1 Å². The third-order valence-corrected chi connectivity index (χ3v) is 4.86. The number of hydrogen-bond acceptors (Lipinski definition) is 4. The molecule has 0 radical (unpaired) electrons. The number of nitrogens with one attached hydrogen (secondary N) is 1. The Kier molecular flexibility index (Phi) is 4.77. The number of pyridine rings is 2. The van der Waals surface area contributed by atoms with E-state index in [1.807, 2.05) is 12.4 Å². The number of nitrogens with zero attached hydrogens (tertiary/aromatic N) is 3. The number of halogens is 1. The molecule has 26 heavy (non-hydrogen) atoms. The molecule has 134 valence electrons. The van der Waals surface area contributed by atoms with Crippen LogP contribution in [0.25, 0.3) is 10.9 Å². The lowest BCUT2D eigenvalue weighted by Crippen LogP contribution is -2.45. The van der Waals surface area contributed by atoms with E-state index in [1.54, 1.807) is 12.1 Å². The van der Waals surface area contributed by atoms with E-state index in [4.69, 9.17) is 0 Å². The van der Waals surface area contributed by atoms with E-state index in [0.717, 1.165) is 38.4 Å². The fraction of sp³-hybridized carbons (Fsp3) is 0.300. The molecule has 1 N–H and O–H groups in total. The summed E-state index contributed by atoms with van der Waals surface area (Å²) in [7, 11) is 0. The highest BCUT2D eigenvalue weighted by molar-refractivity contribution is 5.78. The molecule has 0 aliphatic carbocycles. The van der Waals surface area contributed by atoms with Crippen molar-refractivity contribution in [3.63, 3.8) is 0 Å². The molecule has 5 nitrogen and oxygen atoms in total. The second kappa shape index (κ2) is 7.35. The van der Waals surface area contributed by atoms with E-state index >= 15 is 0 Å². The molecule has 3 aromatic rings. The molecule has 1 fully saturated rings. The van der Waals surface area contributed by atoms with Crippen LogP contribution < -0.4 is 5.43 Å². The van der Waals surface area contributed by atoms with E-state index in [1.165, 1.54) is 17.7 Å². The third kappa shape index (κ3) is 3.81. The summed E-state index contributed by atoms with van der Waals surface area (Å²) in [5.74, 6) is -0.388. The van der Waals surface area contributed by atoms with Gasteiger partial charge in [0.1, 0.15) is 5.82 Å². The molecular weight excluding hydrogens is 331 g/mol. The van der Waals surface area contributed by atoms with Crippen LogP contribution in [-0.4, -0.2) is 45.9 Å². The topological polar surface area (TPSA) is 52.2 Å². The first-order chi connectivity index (χ1) is 12.7. The van der Waals surface area contributed by atoms with Gasteiger partial charge >= 0.3 is 0 Å². The van der Waals surface area contributed by atoms with Gasteiger partial charge in [-0.25, -0.2) is 4.39 Å². The third-order valence-electron chi connectivity index (χ3n) is 4.86. The summed E-state index contributed by atoms with van der Waals surface area (Å²) in [5.41, 5.74) is 2.70. The van der Waals surface area contributed by atoms with Crippen LogP contribution in [0.4, 0.5) is 4.39 Å². The molecule has 0 bridgehead atoms. The fourth-order valence-electron chi connectivity index (χ4n) is 3.45. The number of piperazine rings is 1. The van der Waals surface area contributed by atoms with Crippen LogP contribution in [0.3, 0.4) is 0 Å². The number of fused-ring (bicyclic) bond motifs is 1. The van der Waals surface area contributed by atoms with E-state index in [0.29, 0.717) is 17.4 Å². The Hall–Kier alpha value is -2.57. The predicted octanol–water partition coefficient (Wildman–Crippen LogP) is 2.38. The summed E-state index contributed by atoms with van der Waals surface area (Å²) >= 11 is 0. The highest BCUT2D eigenvalue weighted by atomic mass is 19.1. The number of H-pyrrole nitrogens is 1. The zero-order valence-corrected chi connectivity index (χ0v) is 14.5. The van der Waals surface area contributed by atoms with E-state index in [-0.39, 0.29) is 11.2 Å². The first kappa shape index (κ1) is 16.9. The molecule has 6 heteroatoms. The van der Waals surface area contributed by atoms with Gasteiger partial charge < -0.3 is 4.98 Å². The van der Waals surface area contributed by atoms with Gasteiger partial charge in [-0.2, -0.15) is 0 Å². The van der Waals surface area contributed by atoms with Crippen molar-refractivity contribution in [2.45, 2.75) is 13.1 Å². The minimum Gasteiger partial charge on any atom is -0.357 e. The second-order valence-electron chi connectivity index (χ2n) is 6.76. The summed E-state index contributed by atoms with van der Waals surface area (Å²) in [6, 6.07) is 9.98. The zero-order valence-electron chi connectivity index (χ0n) is 14.5. The Morgan fingerprint density at radius 1 is 0.962 bits per heavy atom. The standard InChI is InChI=1S/C20H21FN4O/c21-16-1-2-19-18(11-16)20(26)12-17(23-19)14-25-9-7-24(8-10-25)13-15-3-5-22-6-4-15/h1-6,11-12H,7-10,13-14H2,(H,23,26). The normalized spacial score (nSPS) is 16.2. The highest BCUT2D eigenvalue weighted by Gasteiger charge is 2.17. The average molecular weight is 352 g/mol. The summed E-state index contributed by atoms with van der Waals surface area (Å²) in [4.78, 5) is 24.3. The summed E-state index contributed by atoms with van der Waals surface area (Å²) in [6.45, 7) is 5.53. The lowest BCUT2D eigenvalue weighted by atomic mass is 10.1. The number of aromatic amines is 1. The van der Waals surface area contributed by atoms with Crippen LogP contribution in [0.5, 0.6) is 0 Å². The van der Waals surface area contributed by atoms with Gasteiger partial charge in [-0.1, -0.05) is 0 Å². The minimum atomic E-state index is -0.388. The molecule has 1 aliphatic rings. The van der Waals surface area contributed by atoms with Crippen molar-refractivity contribution < 1.29 is 4.39 Å². The van der Waals surface area contributed by atoms with Crippen LogP contribution in [-0.2, 0) is 13.1 Å². The van der Waals surface area contributed by atoms with Crippen LogP contribution >= 0.6 is 0 Å². The molecule has 2 aromatic heterocycles. The highest BCUT2D eigenvalue weighted by Crippen LogP contribution is 2.13. The maximum atomic E-state index is 13.3. The first-order valence-corrected chi connectivity index (χ1v) is 8.82. The van der Waals surface area contributed by atoms with E-state index in [2.05, 4.69) is 31.9 Å². The fourth-order valence-corrected chi connectivity index (χ4v) is 3.45. The van der Waals surface area contributed by atoms with Gasteiger partial charge in [0.15, 0.2) is 5.43 Å². The lowest BCUT2D eigenvalue weighted by Gasteiger charge is -2.34. The molecule has 0 atom stereocenters. The van der Waals surface area contributed by atoms with Gasteiger partial charge in [0, 0.05) is 74.3 Å². The van der Waals surface area contributed by atoms with Crippen LogP contribution in [0.2, 0.25) is 0 Å². The van der Waals surface area contributed by atoms with Gasteiger partial charge in [0.2, 0.25) is 0 Å². The Bertz CT molecular complexity index is 949. The van der Waals surface area contributed by atoms with Gasteiger partial charge in [0.25, 0.3) is 0 Å². The molecule has 4 rings (SSSR count). The van der Waals surface area contributed by atoms with E-state index < -0.39 is 0 Å². The predicted molar refractivity (Wildman–Crippen MR) is 99.3 cm³/mol. The second-order valence-corrected chi connectivity index (χ2v) is 6.76. The maximum absolute atomic E-state index is 13.3. The Balaban J connectivity index is 1.39. The molecule has 0 saturated carbocycles. The number of rotatable bonds is 4. The average Bonchev–Trinajstić information content (AvgIpc) is 2.65. The van der Waals surface area contributed by atoms with Gasteiger partial charge in [-0.05, 0) is 35.9 Å². The van der Waals surface area contributed by atoms with Crippen molar-refractivity contribution in [1.29, 1.82) is 0 Å². The molecule has 1 saturated heterocycles. The van der Waals surface area contributed by atoms with Crippen LogP contribution in [0.1, 0.15) is 11.3 Å². The molecule has 3 heterocycles. The SMILES string of the molecule is O=c1cc(CN2CCN(Cc3ccncc3)CC2)[nH]c2ccc(F)cc12. The Morgan fingerprint density at radius 3 is 2.38 bits per heavy atom. The molecule has 0 spiro atoms. The first-order valence-electron chi connectivity index (χ1n) is 8.82. The number of aromatic nitrogens is 2. The van der Waals surface area contributed by atoms with E-state index in [9.17, 15) is 9.18 Å². The smallest absolute Gasteiger partial charge is 0.189 e. The van der Waals surface area contributed by atoms with Gasteiger partial charge in [-0.15, -0.1) is 0 Å². The Morgan fingerprint density at radius 2 is 1.65 bits per heavy atom. The van der Waals surface area contributed by atoms with Crippen molar-refractivity contribution in [2.75, 3.05) is 26.2 Å². The quantitative estimate of drug-likeness (QED) is 0.783. The minimum absolute atomic E-state index is 0.135. The van der Waals surface area contributed by atoms with Crippen molar-refractivity contribution in [3.8, 4) is 0 Å². The zero-order chi connectivity index (χ0) is 17.9.